The van der Waals surface area contributed by atoms with Crippen molar-refractivity contribution in [1.29, 1.82) is 0 Å². The molecular formula is C13H21NO3. The van der Waals surface area contributed by atoms with E-state index in [1.807, 2.05) is 0 Å². The second kappa shape index (κ2) is 7.79. The van der Waals surface area contributed by atoms with Gasteiger partial charge >= 0.3 is 0 Å². The van der Waals surface area contributed by atoms with Crippen LogP contribution < -0.4 is 15.2 Å². The molecule has 0 atom stereocenters. The Balaban J connectivity index is 2.31. The number of anilines is 1. The minimum atomic E-state index is 0.518. The molecule has 0 aliphatic heterocycles. The standard InChI is InChI=1S/C13H21NO3/c1-3-4-7-16-8-9-17-12-6-5-11(14)10-13(12)15-2/h5-6,10H,3-4,7-9,14H2,1-2H3. The molecule has 1 aromatic rings. The van der Waals surface area contributed by atoms with Crippen LogP contribution in [0.1, 0.15) is 19.8 Å². The van der Waals surface area contributed by atoms with Crippen molar-refractivity contribution in [2.75, 3.05) is 32.7 Å². The highest BCUT2D eigenvalue weighted by Crippen LogP contribution is 2.28. The van der Waals surface area contributed by atoms with Crippen LogP contribution in [0.25, 0.3) is 0 Å². The maximum atomic E-state index is 5.65. The number of hydrogen-bond acceptors (Lipinski definition) is 4. The highest BCUT2D eigenvalue weighted by Gasteiger charge is 2.03. The second-order valence-electron chi connectivity index (χ2n) is 3.72. The second-order valence-corrected chi connectivity index (χ2v) is 3.72. The van der Waals surface area contributed by atoms with E-state index >= 15 is 0 Å². The lowest BCUT2D eigenvalue weighted by Gasteiger charge is -2.11. The molecule has 0 heterocycles. The van der Waals surface area contributed by atoms with Gasteiger partial charge in [-0.2, -0.15) is 0 Å². The third kappa shape index (κ3) is 4.95. The summed E-state index contributed by atoms with van der Waals surface area (Å²) >= 11 is 0. The molecule has 2 N–H and O–H groups in total. The zero-order valence-corrected chi connectivity index (χ0v) is 10.6. The topological polar surface area (TPSA) is 53.7 Å². The van der Waals surface area contributed by atoms with Gasteiger partial charge in [-0.05, 0) is 18.6 Å². The summed E-state index contributed by atoms with van der Waals surface area (Å²) in [5, 5.41) is 0. The van der Waals surface area contributed by atoms with E-state index in [2.05, 4.69) is 6.92 Å². The van der Waals surface area contributed by atoms with Crippen molar-refractivity contribution >= 4 is 5.69 Å². The molecule has 1 rings (SSSR count). The molecule has 0 aliphatic rings. The maximum Gasteiger partial charge on any atom is 0.162 e. The quantitative estimate of drug-likeness (QED) is 0.559. The van der Waals surface area contributed by atoms with Crippen molar-refractivity contribution in [3.8, 4) is 11.5 Å². The van der Waals surface area contributed by atoms with Gasteiger partial charge in [0.2, 0.25) is 0 Å². The van der Waals surface area contributed by atoms with Crippen LogP contribution in [0.5, 0.6) is 11.5 Å². The first kappa shape index (κ1) is 13.6. The number of benzene rings is 1. The highest BCUT2D eigenvalue weighted by molar-refractivity contribution is 5.51. The van der Waals surface area contributed by atoms with Crippen molar-refractivity contribution in [2.24, 2.45) is 0 Å². The number of nitrogen functional groups attached to an aromatic ring is 1. The molecule has 17 heavy (non-hydrogen) atoms. The SMILES string of the molecule is CCCCOCCOc1ccc(N)cc1OC. The summed E-state index contributed by atoms with van der Waals surface area (Å²) in [6.45, 7) is 4.04. The average molecular weight is 239 g/mol. The Hall–Kier alpha value is -1.42. The van der Waals surface area contributed by atoms with Gasteiger partial charge in [0.25, 0.3) is 0 Å². The summed E-state index contributed by atoms with van der Waals surface area (Å²) in [6, 6.07) is 5.34. The van der Waals surface area contributed by atoms with Crippen molar-refractivity contribution in [3.63, 3.8) is 0 Å². The van der Waals surface area contributed by atoms with Gasteiger partial charge in [-0.3, -0.25) is 0 Å². The van der Waals surface area contributed by atoms with Crippen LogP contribution in [-0.2, 0) is 4.74 Å². The first-order valence-corrected chi connectivity index (χ1v) is 5.92. The molecular weight excluding hydrogens is 218 g/mol. The van der Waals surface area contributed by atoms with Gasteiger partial charge in [0.05, 0.1) is 13.7 Å². The van der Waals surface area contributed by atoms with E-state index in [-0.39, 0.29) is 0 Å². The van der Waals surface area contributed by atoms with E-state index in [9.17, 15) is 0 Å². The van der Waals surface area contributed by atoms with Crippen molar-refractivity contribution in [1.82, 2.24) is 0 Å². The predicted octanol–water partition coefficient (Wildman–Crippen LogP) is 2.47. The summed E-state index contributed by atoms with van der Waals surface area (Å²) in [6.07, 6.45) is 2.23. The Morgan fingerprint density at radius 2 is 1.94 bits per heavy atom. The van der Waals surface area contributed by atoms with Crippen LogP contribution in [0.4, 0.5) is 5.69 Å². The summed E-state index contributed by atoms with van der Waals surface area (Å²) in [4.78, 5) is 0. The molecule has 0 aliphatic carbocycles. The number of unbranched alkanes of at least 4 members (excludes halogenated alkanes) is 1. The molecule has 0 aromatic heterocycles. The van der Waals surface area contributed by atoms with Crippen molar-refractivity contribution in [2.45, 2.75) is 19.8 Å². The van der Waals surface area contributed by atoms with Crippen LogP contribution in [0, 0.1) is 0 Å². The van der Waals surface area contributed by atoms with Gasteiger partial charge in [0.15, 0.2) is 11.5 Å². The monoisotopic (exact) mass is 239 g/mol. The van der Waals surface area contributed by atoms with Gasteiger partial charge in [0, 0.05) is 18.4 Å². The third-order valence-electron chi connectivity index (χ3n) is 2.32. The smallest absolute Gasteiger partial charge is 0.162 e. The van der Waals surface area contributed by atoms with Crippen LogP contribution in [0.3, 0.4) is 0 Å². The minimum absolute atomic E-state index is 0.518. The van der Waals surface area contributed by atoms with E-state index in [1.165, 1.54) is 0 Å². The van der Waals surface area contributed by atoms with E-state index in [1.54, 1.807) is 25.3 Å². The first-order chi connectivity index (χ1) is 8.27. The summed E-state index contributed by atoms with van der Waals surface area (Å²) in [5.41, 5.74) is 6.31. The fraction of sp³-hybridized carbons (Fsp3) is 0.538. The van der Waals surface area contributed by atoms with Crippen LogP contribution in [0.2, 0.25) is 0 Å². The Morgan fingerprint density at radius 3 is 2.65 bits per heavy atom. The lowest BCUT2D eigenvalue weighted by atomic mass is 10.3. The number of hydrogen-bond donors (Lipinski definition) is 1. The highest BCUT2D eigenvalue weighted by atomic mass is 16.5. The van der Waals surface area contributed by atoms with Crippen LogP contribution in [0.15, 0.2) is 18.2 Å². The van der Waals surface area contributed by atoms with Crippen LogP contribution in [-0.4, -0.2) is 26.9 Å². The zero-order valence-electron chi connectivity index (χ0n) is 10.6. The molecule has 0 fully saturated rings. The third-order valence-corrected chi connectivity index (χ3v) is 2.32. The lowest BCUT2D eigenvalue weighted by Crippen LogP contribution is -2.08. The Bertz CT molecular complexity index is 328. The van der Waals surface area contributed by atoms with Crippen molar-refractivity contribution in [3.05, 3.63) is 18.2 Å². The van der Waals surface area contributed by atoms with E-state index in [4.69, 9.17) is 19.9 Å². The number of ether oxygens (including phenoxy) is 3. The Labute approximate surface area is 103 Å². The van der Waals surface area contributed by atoms with Gasteiger partial charge < -0.3 is 19.9 Å². The summed E-state index contributed by atoms with van der Waals surface area (Å²) in [5.74, 6) is 1.35. The van der Waals surface area contributed by atoms with Crippen LogP contribution >= 0.6 is 0 Å². The maximum absolute atomic E-state index is 5.65. The number of methoxy groups -OCH3 is 1. The lowest BCUT2D eigenvalue weighted by molar-refractivity contribution is 0.0970. The predicted molar refractivity (Wildman–Crippen MR) is 68.6 cm³/mol. The fourth-order valence-corrected chi connectivity index (χ4v) is 1.36. The molecule has 0 unspecified atom stereocenters. The van der Waals surface area contributed by atoms with Crippen molar-refractivity contribution < 1.29 is 14.2 Å². The van der Waals surface area contributed by atoms with Gasteiger partial charge in [-0.15, -0.1) is 0 Å². The average Bonchev–Trinajstić information content (AvgIpc) is 2.35. The molecule has 96 valence electrons. The normalized spacial score (nSPS) is 10.2. The Morgan fingerprint density at radius 1 is 1.12 bits per heavy atom. The summed E-state index contributed by atoms with van der Waals surface area (Å²) < 4.78 is 16.1. The molecule has 4 heteroatoms. The van der Waals surface area contributed by atoms with E-state index in [0.717, 1.165) is 19.4 Å². The molecule has 0 saturated carbocycles. The molecule has 0 radical (unpaired) electrons. The molecule has 0 bridgehead atoms. The van der Waals surface area contributed by atoms with Gasteiger partial charge in [0.1, 0.15) is 6.61 Å². The Kier molecular flexibility index (Phi) is 6.25. The fourth-order valence-electron chi connectivity index (χ4n) is 1.36. The minimum Gasteiger partial charge on any atom is -0.493 e. The number of rotatable bonds is 8. The zero-order chi connectivity index (χ0) is 12.5. The summed E-state index contributed by atoms with van der Waals surface area (Å²) in [7, 11) is 1.60. The molecule has 0 amide bonds. The number of nitrogens with two attached hydrogens (primary N) is 1. The van der Waals surface area contributed by atoms with E-state index in [0.29, 0.717) is 30.4 Å². The molecule has 0 saturated heterocycles. The van der Waals surface area contributed by atoms with Gasteiger partial charge in [-0.25, -0.2) is 0 Å². The molecule has 4 nitrogen and oxygen atoms in total. The van der Waals surface area contributed by atoms with Gasteiger partial charge in [-0.1, -0.05) is 13.3 Å². The largest absolute Gasteiger partial charge is 0.493 e. The van der Waals surface area contributed by atoms with E-state index < -0.39 is 0 Å². The molecule has 0 spiro atoms. The molecule has 1 aromatic carbocycles. The first-order valence-electron chi connectivity index (χ1n) is 5.92.